The second-order valence-electron chi connectivity index (χ2n) is 11.6. The van der Waals surface area contributed by atoms with E-state index in [1.165, 1.54) is 39.0 Å². The maximum atomic E-state index is 6.38. The van der Waals surface area contributed by atoms with Gasteiger partial charge in [0, 0.05) is 28.0 Å². The number of ether oxygens (including phenoxy) is 1. The Labute approximate surface area is 235 Å². The number of nitrogens with zero attached hydrogens (tertiary/aromatic N) is 1. The SMILES string of the molecule is CC1(C)C2=CC3Oc4ccccc4C3C=C2c2ccc(-c3cc(-c4ccccc4)cc(-c4ccccc4)n3)cc21. The third-order valence-electron chi connectivity index (χ3n) is 8.82. The van der Waals surface area contributed by atoms with Gasteiger partial charge in [0.25, 0.3) is 0 Å². The van der Waals surface area contributed by atoms with Gasteiger partial charge in [0.1, 0.15) is 11.9 Å². The van der Waals surface area contributed by atoms with E-state index >= 15 is 0 Å². The number of allylic oxidation sites excluding steroid dienone is 2. The van der Waals surface area contributed by atoms with E-state index in [9.17, 15) is 0 Å². The quantitative estimate of drug-likeness (QED) is 0.239. The highest BCUT2D eigenvalue weighted by molar-refractivity contribution is 5.92. The zero-order chi connectivity index (χ0) is 26.8. The molecule has 2 heteroatoms. The number of pyridine rings is 1. The van der Waals surface area contributed by atoms with Gasteiger partial charge in [-0.3, -0.25) is 0 Å². The normalized spacial score (nSPS) is 19.4. The van der Waals surface area contributed by atoms with E-state index < -0.39 is 0 Å². The molecule has 0 radical (unpaired) electrons. The minimum atomic E-state index is -0.125. The predicted molar refractivity (Wildman–Crippen MR) is 163 cm³/mol. The van der Waals surface area contributed by atoms with Gasteiger partial charge in [0.2, 0.25) is 0 Å². The Balaban J connectivity index is 1.26. The average Bonchev–Trinajstić information content (AvgIpc) is 3.48. The van der Waals surface area contributed by atoms with Crippen LogP contribution in [0.3, 0.4) is 0 Å². The first-order chi connectivity index (χ1) is 19.6. The molecule has 1 aliphatic heterocycles. The molecule has 4 aromatic carbocycles. The van der Waals surface area contributed by atoms with Gasteiger partial charge in [0.15, 0.2) is 0 Å². The fourth-order valence-corrected chi connectivity index (χ4v) is 6.72. The number of rotatable bonds is 3. The second kappa shape index (κ2) is 8.66. The number of fused-ring (bicyclic) bond motifs is 6. The first-order valence-electron chi connectivity index (χ1n) is 14.0. The second-order valence-corrected chi connectivity index (χ2v) is 11.6. The zero-order valence-corrected chi connectivity index (χ0v) is 22.6. The molecule has 2 aliphatic carbocycles. The third kappa shape index (κ3) is 3.53. The molecule has 192 valence electrons. The van der Waals surface area contributed by atoms with Crippen molar-refractivity contribution in [3.05, 3.63) is 150 Å². The van der Waals surface area contributed by atoms with Crippen molar-refractivity contribution in [1.29, 1.82) is 0 Å². The number of hydrogen-bond donors (Lipinski definition) is 0. The Morgan fingerprint density at radius 3 is 2.08 bits per heavy atom. The van der Waals surface area contributed by atoms with E-state index in [2.05, 4.69) is 141 Å². The smallest absolute Gasteiger partial charge is 0.128 e. The Morgan fingerprint density at radius 2 is 1.30 bits per heavy atom. The molecular formula is C38H29NO. The van der Waals surface area contributed by atoms with E-state index in [0.29, 0.717) is 0 Å². The molecule has 2 atom stereocenters. The maximum absolute atomic E-state index is 6.38. The van der Waals surface area contributed by atoms with E-state index in [1.807, 2.05) is 0 Å². The third-order valence-corrected chi connectivity index (χ3v) is 8.82. The summed E-state index contributed by atoms with van der Waals surface area (Å²) in [4.78, 5) is 5.19. The van der Waals surface area contributed by atoms with Crippen LogP contribution >= 0.6 is 0 Å². The van der Waals surface area contributed by atoms with E-state index in [-0.39, 0.29) is 17.4 Å². The number of hydrogen-bond acceptors (Lipinski definition) is 2. The van der Waals surface area contributed by atoms with Crippen molar-refractivity contribution in [3.8, 4) is 39.4 Å². The number of para-hydroxylation sites is 1. The molecular weight excluding hydrogens is 486 g/mol. The summed E-state index contributed by atoms with van der Waals surface area (Å²) in [6.45, 7) is 4.68. The fourth-order valence-electron chi connectivity index (χ4n) is 6.72. The van der Waals surface area contributed by atoms with Gasteiger partial charge in [-0.15, -0.1) is 0 Å². The lowest BCUT2D eigenvalue weighted by molar-refractivity contribution is 0.267. The molecule has 2 nitrogen and oxygen atoms in total. The molecule has 3 aliphatic rings. The number of aromatic nitrogens is 1. The lowest BCUT2D eigenvalue weighted by Crippen LogP contribution is -2.23. The van der Waals surface area contributed by atoms with Gasteiger partial charge in [0.05, 0.1) is 11.4 Å². The average molecular weight is 516 g/mol. The molecule has 2 unspecified atom stereocenters. The predicted octanol–water partition coefficient (Wildman–Crippen LogP) is 9.24. The molecule has 1 aromatic heterocycles. The summed E-state index contributed by atoms with van der Waals surface area (Å²) in [5, 5.41) is 0. The van der Waals surface area contributed by atoms with E-state index in [4.69, 9.17) is 9.72 Å². The standard InChI is InChI=1S/C38H29NO/c1-38(2)32-19-26(17-18-28(32)30-22-31-29-15-9-10-16-36(29)40-37(31)23-33(30)38)35-21-27(24-11-5-3-6-12-24)20-34(39-35)25-13-7-4-8-14-25/h3-23,31,37H,1-2H3. The number of benzene rings is 4. The van der Waals surface area contributed by atoms with E-state index in [1.54, 1.807) is 0 Å². The molecule has 0 bridgehead atoms. The largest absolute Gasteiger partial charge is 0.485 e. The summed E-state index contributed by atoms with van der Waals surface area (Å²) >= 11 is 0. The van der Waals surface area contributed by atoms with Gasteiger partial charge in [-0.1, -0.05) is 111 Å². The van der Waals surface area contributed by atoms with Crippen LogP contribution in [0, 0.1) is 0 Å². The molecule has 0 saturated heterocycles. The van der Waals surface area contributed by atoms with Crippen LogP contribution in [0.15, 0.2) is 133 Å². The molecule has 2 heterocycles. The Bertz CT molecular complexity index is 1790. The molecule has 0 amide bonds. The highest BCUT2D eigenvalue weighted by Crippen LogP contribution is 2.55. The molecule has 0 spiro atoms. The van der Waals surface area contributed by atoms with Crippen LogP contribution in [-0.2, 0) is 5.41 Å². The van der Waals surface area contributed by atoms with Crippen LogP contribution in [0.2, 0.25) is 0 Å². The van der Waals surface area contributed by atoms with Crippen molar-refractivity contribution < 1.29 is 4.74 Å². The Kier molecular flexibility index (Phi) is 5.03. The van der Waals surface area contributed by atoms with Crippen molar-refractivity contribution in [2.75, 3.05) is 0 Å². The Hall–Kier alpha value is -4.69. The zero-order valence-electron chi connectivity index (χ0n) is 22.6. The highest BCUT2D eigenvalue weighted by atomic mass is 16.5. The molecule has 0 fully saturated rings. The molecule has 0 N–H and O–H groups in total. The van der Waals surface area contributed by atoms with Gasteiger partial charge < -0.3 is 4.74 Å². The molecule has 8 rings (SSSR count). The lowest BCUT2D eigenvalue weighted by Gasteiger charge is -2.27. The summed E-state index contributed by atoms with van der Waals surface area (Å²) in [5.41, 5.74) is 13.2. The minimum Gasteiger partial charge on any atom is -0.485 e. The first kappa shape index (κ1) is 23.2. The summed E-state index contributed by atoms with van der Waals surface area (Å²) in [5.74, 6) is 1.27. The molecule has 40 heavy (non-hydrogen) atoms. The van der Waals surface area contributed by atoms with Crippen molar-refractivity contribution in [2.24, 2.45) is 0 Å². The van der Waals surface area contributed by atoms with Crippen molar-refractivity contribution in [2.45, 2.75) is 31.3 Å². The van der Waals surface area contributed by atoms with Gasteiger partial charge in [-0.25, -0.2) is 4.98 Å². The summed E-state index contributed by atoms with van der Waals surface area (Å²) in [6, 6.07) is 40.9. The maximum Gasteiger partial charge on any atom is 0.128 e. The van der Waals surface area contributed by atoms with Crippen LogP contribution in [-0.4, -0.2) is 11.1 Å². The lowest BCUT2D eigenvalue weighted by atomic mass is 9.77. The van der Waals surface area contributed by atoms with Crippen molar-refractivity contribution in [3.63, 3.8) is 0 Å². The van der Waals surface area contributed by atoms with Gasteiger partial charge >= 0.3 is 0 Å². The topological polar surface area (TPSA) is 22.1 Å². The highest BCUT2D eigenvalue weighted by Gasteiger charge is 2.44. The Morgan fingerprint density at radius 1 is 0.625 bits per heavy atom. The molecule has 5 aromatic rings. The van der Waals surface area contributed by atoms with Crippen molar-refractivity contribution >= 4 is 5.57 Å². The van der Waals surface area contributed by atoms with Gasteiger partial charge in [-0.2, -0.15) is 0 Å². The van der Waals surface area contributed by atoms with Crippen LogP contribution in [0.5, 0.6) is 5.75 Å². The fraction of sp³-hybridized carbons (Fsp3) is 0.132. The van der Waals surface area contributed by atoms with Crippen LogP contribution in [0.4, 0.5) is 0 Å². The van der Waals surface area contributed by atoms with Gasteiger partial charge in [-0.05, 0) is 63.7 Å². The minimum absolute atomic E-state index is 0.0573. The van der Waals surface area contributed by atoms with Crippen molar-refractivity contribution in [1.82, 2.24) is 4.98 Å². The first-order valence-corrected chi connectivity index (χ1v) is 14.0. The van der Waals surface area contributed by atoms with E-state index in [0.717, 1.165) is 28.3 Å². The van der Waals surface area contributed by atoms with Crippen LogP contribution < -0.4 is 4.74 Å². The van der Waals surface area contributed by atoms with Crippen LogP contribution in [0.25, 0.3) is 39.2 Å². The van der Waals surface area contributed by atoms with Crippen LogP contribution in [0.1, 0.15) is 36.5 Å². The molecule has 0 saturated carbocycles. The summed E-state index contributed by atoms with van der Waals surface area (Å²) in [6.07, 6.45) is 4.88. The summed E-state index contributed by atoms with van der Waals surface area (Å²) < 4.78 is 6.38. The monoisotopic (exact) mass is 515 g/mol. The summed E-state index contributed by atoms with van der Waals surface area (Å²) in [7, 11) is 0.